The van der Waals surface area contributed by atoms with Gasteiger partial charge in [0.15, 0.2) is 0 Å². The third-order valence-electron chi connectivity index (χ3n) is 4.84. The monoisotopic (exact) mass is 387 g/mol. The molecular weight excluding hydrogens is 362 g/mol. The van der Waals surface area contributed by atoms with Gasteiger partial charge in [0.05, 0.1) is 19.3 Å². The summed E-state index contributed by atoms with van der Waals surface area (Å²) in [6.45, 7) is 7.35. The quantitative estimate of drug-likeness (QED) is 0.774. The predicted octanol–water partition coefficient (Wildman–Crippen LogP) is 2.49. The normalized spacial score (nSPS) is 15.9. The number of hydrogen-bond donors (Lipinski definition) is 2. The van der Waals surface area contributed by atoms with Gasteiger partial charge in [-0.1, -0.05) is 6.07 Å². The van der Waals surface area contributed by atoms with Crippen LogP contribution in [0.15, 0.2) is 35.0 Å². The number of ether oxygens (including phenoxy) is 1. The molecule has 0 radical (unpaired) electrons. The van der Waals surface area contributed by atoms with E-state index < -0.39 is 11.8 Å². The fraction of sp³-hybridized carbons (Fsp3) is 0.400. The molecule has 0 saturated carbocycles. The molecule has 144 valence electrons. The summed E-state index contributed by atoms with van der Waals surface area (Å²) in [6.07, 6.45) is 0. The molecule has 1 unspecified atom stereocenters. The van der Waals surface area contributed by atoms with Gasteiger partial charge in [-0.2, -0.15) is 11.3 Å². The van der Waals surface area contributed by atoms with Crippen LogP contribution in [0, 0.1) is 13.8 Å². The van der Waals surface area contributed by atoms with Crippen LogP contribution in [0.4, 0.5) is 5.69 Å². The predicted molar refractivity (Wildman–Crippen MR) is 107 cm³/mol. The zero-order valence-electron chi connectivity index (χ0n) is 15.7. The van der Waals surface area contributed by atoms with Crippen LogP contribution >= 0.6 is 11.3 Å². The Morgan fingerprint density at radius 1 is 1.15 bits per heavy atom. The number of benzene rings is 1. The summed E-state index contributed by atoms with van der Waals surface area (Å²) in [4.78, 5) is 26.8. The minimum absolute atomic E-state index is 0.0403. The molecule has 1 saturated heterocycles. The Bertz CT molecular complexity index is 786. The number of carbonyl (C=O) groups is 2. The van der Waals surface area contributed by atoms with Crippen molar-refractivity contribution in [2.75, 3.05) is 38.2 Å². The van der Waals surface area contributed by atoms with Crippen molar-refractivity contribution >= 4 is 28.8 Å². The summed E-state index contributed by atoms with van der Waals surface area (Å²) in [6, 6.07) is 7.69. The zero-order valence-corrected chi connectivity index (χ0v) is 16.5. The summed E-state index contributed by atoms with van der Waals surface area (Å²) in [5, 5.41) is 9.56. The van der Waals surface area contributed by atoms with Gasteiger partial charge >= 0.3 is 11.8 Å². The van der Waals surface area contributed by atoms with Gasteiger partial charge in [-0.05, 0) is 59.5 Å². The van der Waals surface area contributed by atoms with Crippen LogP contribution in [0.2, 0.25) is 0 Å². The zero-order chi connectivity index (χ0) is 19.2. The highest BCUT2D eigenvalue weighted by Crippen LogP contribution is 2.23. The lowest BCUT2D eigenvalue weighted by molar-refractivity contribution is -0.136. The van der Waals surface area contributed by atoms with Gasteiger partial charge in [-0.15, -0.1) is 0 Å². The van der Waals surface area contributed by atoms with Crippen LogP contribution in [0.1, 0.15) is 22.7 Å². The maximum absolute atomic E-state index is 12.3. The van der Waals surface area contributed by atoms with E-state index >= 15 is 0 Å². The summed E-state index contributed by atoms with van der Waals surface area (Å²) >= 11 is 1.63. The second kappa shape index (κ2) is 9.12. The Morgan fingerprint density at radius 2 is 1.93 bits per heavy atom. The van der Waals surface area contributed by atoms with E-state index in [0.29, 0.717) is 25.4 Å². The molecule has 1 aromatic carbocycles. The van der Waals surface area contributed by atoms with E-state index in [1.54, 1.807) is 17.4 Å². The fourth-order valence-corrected chi connectivity index (χ4v) is 3.80. The van der Waals surface area contributed by atoms with Gasteiger partial charge in [0.2, 0.25) is 0 Å². The first-order valence-corrected chi connectivity index (χ1v) is 9.99. The number of thiophene rings is 1. The standard InChI is InChI=1S/C20H25N3O3S/c1-14-3-4-17(11-15(14)2)22-20(25)19(24)21-12-18(16-5-10-27-13-16)23-6-8-26-9-7-23/h3-5,10-11,13,18H,6-9,12H2,1-2H3,(H,21,24)(H,22,25). The number of hydrogen-bond acceptors (Lipinski definition) is 5. The SMILES string of the molecule is Cc1ccc(NC(=O)C(=O)NCC(c2ccsc2)N2CCOCC2)cc1C. The molecule has 2 aromatic rings. The van der Waals surface area contributed by atoms with E-state index in [1.807, 2.05) is 31.4 Å². The lowest BCUT2D eigenvalue weighted by atomic mass is 10.1. The van der Waals surface area contributed by atoms with Crippen LogP contribution in [-0.2, 0) is 14.3 Å². The van der Waals surface area contributed by atoms with E-state index in [9.17, 15) is 9.59 Å². The van der Waals surface area contributed by atoms with Gasteiger partial charge in [0.1, 0.15) is 0 Å². The van der Waals surface area contributed by atoms with Gasteiger partial charge < -0.3 is 15.4 Å². The Hall–Kier alpha value is -2.22. The van der Waals surface area contributed by atoms with Crippen molar-refractivity contribution in [2.24, 2.45) is 0 Å². The third kappa shape index (κ3) is 5.15. The Kier molecular flexibility index (Phi) is 6.60. The summed E-state index contributed by atoms with van der Waals surface area (Å²) in [5.41, 5.74) is 3.98. The van der Waals surface area contributed by atoms with E-state index in [1.165, 1.54) is 0 Å². The van der Waals surface area contributed by atoms with Gasteiger partial charge in [0.25, 0.3) is 0 Å². The lowest BCUT2D eigenvalue weighted by Crippen LogP contribution is -2.45. The average molecular weight is 388 g/mol. The smallest absolute Gasteiger partial charge is 0.313 e. The maximum Gasteiger partial charge on any atom is 0.313 e. The molecule has 1 atom stereocenters. The van der Waals surface area contributed by atoms with Crippen molar-refractivity contribution in [3.8, 4) is 0 Å². The molecule has 1 fully saturated rings. The van der Waals surface area contributed by atoms with Gasteiger partial charge in [-0.3, -0.25) is 14.5 Å². The second-order valence-corrected chi connectivity index (χ2v) is 7.46. The van der Waals surface area contributed by atoms with Crippen molar-refractivity contribution in [1.82, 2.24) is 10.2 Å². The summed E-state index contributed by atoms with van der Waals surface area (Å²) < 4.78 is 5.42. The highest BCUT2D eigenvalue weighted by atomic mass is 32.1. The molecule has 0 aliphatic carbocycles. The molecule has 6 nitrogen and oxygen atoms in total. The minimum Gasteiger partial charge on any atom is -0.379 e. The van der Waals surface area contributed by atoms with Crippen molar-refractivity contribution in [3.05, 3.63) is 51.7 Å². The average Bonchev–Trinajstić information content (AvgIpc) is 3.20. The topological polar surface area (TPSA) is 70.7 Å². The third-order valence-corrected chi connectivity index (χ3v) is 5.54. The number of carbonyl (C=O) groups excluding carboxylic acids is 2. The number of morpholine rings is 1. The van der Waals surface area contributed by atoms with Crippen molar-refractivity contribution in [2.45, 2.75) is 19.9 Å². The van der Waals surface area contributed by atoms with E-state index in [-0.39, 0.29) is 6.04 Å². The van der Waals surface area contributed by atoms with E-state index in [2.05, 4.69) is 27.0 Å². The van der Waals surface area contributed by atoms with Crippen molar-refractivity contribution in [3.63, 3.8) is 0 Å². The maximum atomic E-state index is 12.3. The Labute approximate surface area is 163 Å². The number of anilines is 1. The molecule has 1 aromatic heterocycles. The van der Waals surface area contributed by atoms with Gasteiger partial charge in [-0.25, -0.2) is 0 Å². The highest BCUT2D eigenvalue weighted by molar-refractivity contribution is 7.08. The second-order valence-electron chi connectivity index (χ2n) is 6.68. The van der Waals surface area contributed by atoms with Gasteiger partial charge in [0, 0.05) is 25.3 Å². The fourth-order valence-electron chi connectivity index (χ4n) is 3.09. The molecule has 3 rings (SSSR count). The first-order chi connectivity index (χ1) is 13.0. The molecule has 27 heavy (non-hydrogen) atoms. The molecular formula is C20H25N3O3S. The number of aryl methyl sites for hydroxylation is 2. The molecule has 0 spiro atoms. The number of nitrogens with one attached hydrogen (secondary N) is 2. The Balaban J connectivity index is 1.59. The van der Waals surface area contributed by atoms with E-state index in [4.69, 9.17) is 4.74 Å². The molecule has 7 heteroatoms. The number of rotatable bonds is 5. The van der Waals surface area contributed by atoms with Crippen LogP contribution in [-0.4, -0.2) is 49.6 Å². The van der Waals surface area contributed by atoms with Crippen molar-refractivity contribution < 1.29 is 14.3 Å². The van der Waals surface area contributed by atoms with Crippen LogP contribution < -0.4 is 10.6 Å². The summed E-state index contributed by atoms with van der Waals surface area (Å²) in [5.74, 6) is -1.27. The van der Waals surface area contributed by atoms with E-state index in [0.717, 1.165) is 29.8 Å². The van der Waals surface area contributed by atoms with Crippen molar-refractivity contribution in [1.29, 1.82) is 0 Å². The first kappa shape index (κ1) is 19.5. The van der Waals surface area contributed by atoms with Crippen LogP contribution in [0.25, 0.3) is 0 Å². The number of nitrogens with zero attached hydrogens (tertiary/aromatic N) is 1. The van der Waals surface area contributed by atoms with Crippen LogP contribution in [0.3, 0.4) is 0 Å². The highest BCUT2D eigenvalue weighted by Gasteiger charge is 2.24. The number of amides is 2. The molecule has 2 heterocycles. The molecule has 2 N–H and O–H groups in total. The molecule has 0 bridgehead atoms. The molecule has 1 aliphatic rings. The van der Waals surface area contributed by atoms with Crippen LogP contribution in [0.5, 0.6) is 0 Å². The Morgan fingerprint density at radius 3 is 2.59 bits per heavy atom. The largest absolute Gasteiger partial charge is 0.379 e. The molecule has 1 aliphatic heterocycles. The lowest BCUT2D eigenvalue weighted by Gasteiger charge is -2.34. The summed E-state index contributed by atoms with van der Waals surface area (Å²) in [7, 11) is 0. The minimum atomic E-state index is -0.649. The molecule has 2 amide bonds. The first-order valence-electron chi connectivity index (χ1n) is 9.05.